The normalized spacial score (nSPS) is 27.4. The quantitative estimate of drug-likeness (QED) is 0.826. The van der Waals surface area contributed by atoms with Gasteiger partial charge in [-0.1, -0.05) is 0 Å². The van der Waals surface area contributed by atoms with Crippen molar-refractivity contribution in [1.82, 2.24) is 4.90 Å². The molecule has 76 valence electrons. The summed E-state index contributed by atoms with van der Waals surface area (Å²) in [4.78, 5) is 13.0. The van der Waals surface area contributed by atoms with Gasteiger partial charge in [-0.25, -0.2) is 0 Å². The molecular weight excluding hydrogens is 248 g/mol. The number of likely N-dealkylation sites (tertiary alicyclic amines) is 1. The van der Waals surface area contributed by atoms with Crippen LogP contribution in [0.15, 0.2) is 21.2 Å². The maximum Gasteiger partial charge on any atom is 0.224 e. The van der Waals surface area contributed by atoms with E-state index in [1.54, 1.807) is 18.0 Å². The molecule has 0 aromatic carbocycles. The Morgan fingerprint density at radius 1 is 1.64 bits per heavy atom. The lowest BCUT2D eigenvalue weighted by Gasteiger charge is -2.20. The first-order valence-electron chi connectivity index (χ1n) is 4.36. The van der Waals surface area contributed by atoms with Gasteiger partial charge in [0.15, 0.2) is 4.67 Å². The highest BCUT2D eigenvalue weighted by Crippen LogP contribution is 2.32. The minimum Gasteiger partial charge on any atom is -0.452 e. The molecule has 1 aliphatic heterocycles. The second-order valence-corrected chi connectivity index (χ2v) is 4.24. The molecular formula is C9H11BrN2O2. The smallest absolute Gasteiger partial charge is 0.224 e. The molecule has 0 aliphatic carbocycles. The van der Waals surface area contributed by atoms with Gasteiger partial charge in [0.05, 0.1) is 0 Å². The van der Waals surface area contributed by atoms with Crippen LogP contribution in [0.5, 0.6) is 0 Å². The summed E-state index contributed by atoms with van der Waals surface area (Å²) in [6.45, 7) is 0. The largest absolute Gasteiger partial charge is 0.452 e. The molecule has 0 saturated carbocycles. The molecule has 5 heteroatoms. The maximum atomic E-state index is 11.4. The molecule has 1 aromatic rings. The molecule has 0 spiro atoms. The van der Waals surface area contributed by atoms with Crippen molar-refractivity contribution in [3.63, 3.8) is 0 Å². The van der Waals surface area contributed by atoms with E-state index in [9.17, 15) is 4.79 Å². The molecule has 0 bridgehead atoms. The van der Waals surface area contributed by atoms with E-state index in [4.69, 9.17) is 10.2 Å². The van der Waals surface area contributed by atoms with Crippen molar-refractivity contribution in [2.24, 2.45) is 5.73 Å². The van der Waals surface area contributed by atoms with Crippen LogP contribution >= 0.6 is 15.9 Å². The average Bonchev–Trinajstić information content (AvgIpc) is 2.60. The molecule has 14 heavy (non-hydrogen) atoms. The van der Waals surface area contributed by atoms with Crippen molar-refractivity contribution in [3.8, 4) is 0 Å². The van der Waals surface area contributed by atoms with Crippen LogP contribution in [-0.2, 0) is 4.79 Å². The third kappa shape index (κ3) is 1.46. The number of rotatable bonds is 1. The second kappa shape index (κ2) is 3.40. The van der Waals surface area contributed by atoms with E-state index in [0.29, 0.717) is 11.1 Å². The minimum atomic E-state index is -0.175. The molecule has 2 rings (SSSR count). The molecule has 2 unspecified atom stereocenters. The number of likely N-dealkylation sites (N-methyl/N-ethyl adjacent to an activating group) is 1. The van der Waals surface area contributed by atoms with Crippen molar-refractivity contribution >= 4 is 21.8 Å². The van der Waals surface area contributed by atoms with E-state index in [-0.39, 0.29) is 18.0 Å². The number of hydrogen-bond donors (Lipinski definition) is 1. The summed E-state index contributed by atoms with van der Waals surface area (Å²) in [6.07, 6.45) is 0.388. The van der Waals surface area contributed by atoms with Gasteiger partial charge in [-0.3, -0.25) is 4.79 Å². The van der Waals surface area contributed by atoms with Crippen LogP contribution in [-0.4, -0.2) is 23.9 Å². The first-order chi connectivity index (χ1) is 6.59. The van der Waals surface area contributed by atoms with E-state index < -0.39 is 0 Å². The van der Waals surface area contributed by atoms with Gasteiger partial charge in [-0.15, -0.1) is 0 Å². The Morgan fingerprint density at radius 3 is 2.79 bits per heavy atom. The van der Waals surface area contributed by atoms with E-state index in [1.165, 1.54) is 0 Å². The first kappa shape index (κ1) is 9.73. The summed E-state index contributed by atoms with van der Waals surface area (Å²) in [5.74, 6) is 0.799. The van der Waals surface area contributed by atoms with Gasteiger partial charge >= 0.3 is 0 Å². The number of nitrogens with zero attached hydrogens (tertiary/aromatic N) is 1. The summed E-state index contributed by atoms with van der Waals surface area (Å²) in [5.41, 5.74) is 5.86. The zero-order chi connectivity index (χ0) is 10.3. The number of carbonyl (C=O) groups excluding carboxylic acids is 1. The Bertz CT molecular complexity index is 363. The Balaban J connectivity index is 2.30. The highest BCUT2D eigenvalue weighted by Gasteiger charge is 2.37. The number of furan rings is 1. The molecule has 1 aliphatic rings. The summed E-state index contributed by atoms with van der Waals surface area (Å²) in [6, 6.07) is 3.34. The van der Waals surface area contributed by atoms with E-state index in [0.717, 1.165) is 5.76 Å². The lowest BCUT2D eigenvalue weighted by molar-refractivity contribution is -0.127. The number of halogens is 1. The van der Waals surface area contributed by atoms with Gasteiger partial charge in [-0.05, 0) is 28.1 Å². The third-order valence-electron chi connectivity index (χ3n) is 2.51. The lowest BCUT2D eigenvalue weighted by Crippen LogP contribution is -2.29. The SMILES string of the molecule is CN1C(=O)CC(N)C1c1ccc(Br)o1. The molecule has 2 N–H and O–H groups in total. The van der Waals surface area contributed by atoms with Crippen LogP contribution in [0.3, 0.4) is 0 Å². The summed E-state index contributed by atoms with van der Waals surface area (Å²) >= 11 is 3.22. The second-order valence-electron chi connectivity index (χ2n) is 3.46. The molecule has 0 radical (unpaired) electrons. The lowest BCUT2D eigenvalue weighted by atomic mass is 10.1. The minimum absolute atomic E-state index is 0.0648. The van der Waals surface area contributed by atoms with E-state index in [2.05, 4.69) is 15.9 Å². The van der Waals surface area contributed by atoms with Crippen molar-refractivity contribution < 1.29 is 9.21 Å². The highest BCUT2D eigenvalue weighted by molar-refractivity contribution is 9.10. The van der Waals surface area contributed by atoms with Crippen LogP contribution in [0.4, 0.5) is 0 Å². The zero-order valence-electron chi connectivity index (χ0n) is 7.74. The monoisotopic (exact) mass is 258 g/mol. The van der Waals surface area contributed by atoms with Gasteiger partial charge in [0.2, 0.25) is 5.91 Å². The number of nitrogens with two attached hydrogens (primary N) is 1. The van der Waals surface area contributed by atoms with Gasteiger partial charge in [0, 0.05) is 19.5 Å². The average molecular weight is 259 g/mol. The summed E-state index contributed by atoms with van der Waals surface area (Å²) in [5, 5.41) is 0. The molecule has 1 aromatic heterocycles. The fourth-order valence-corrected chi connectivity index (χ4v) is 2.11. The predicted octanol–water partition coefficient (Wildman–Crippen LogP) is 1.27. The zero-order valence-corrected chi connectivity index (χ0v) is 9.32. The standard InChI is InChI=1S/C9H11BrN2O2/c1-12-8(13)4-5(11)9(12)6-2-3-7(10)14-6/h2-3,5,9H,4,11H2,1H3. The topological polar surface area (TPSA) is 59.5 Å². The van der Waals surface area contributed by atoms with Crippen molar-refractivity contribution in [2.45, 2.75) is 18.5 Å². The predicted molar refractivity (Wildman–Crippen MR) is 54.5 cm³/mol. The fourth-order valence-electron chi connectivity index (χ4n) is 1.79. The molecule has 2 atom stereocenters. The van der Waals surface area contributed by atoms with Gasteiger partial charge in [-0.2, -0.15) is 0 Å². The van der Waals surface area contributed by atoms with Crippen LogP contribution in [0.25, 0.3) is 0 Å². The first-order valence-corrected chi connectivity index (χ1v) is 5.15. The number of amides is 1. The molecule has 1 fully saturated rings. The van der Waals surface area contributed by atoms with E-state index >= 15 is 0 Å². The Hall–Kier alpha value is -0.810. The summed E-state index contributed by atoms with van der Waals surface area (Å²) < 4.78 is 6.06. The molecule has 4 nitrogen and oxygen atoms in total. The van der Waals surface area contributed by atoms with Crippen LogP contribution < -0.4 is 5.73 Å². The third-order valence-corrected chi connectivity index (χ3v) is 2.94. The Kier molecular flexibility index (Phi) is 2.36. The highest BCUT2D eigenvalue weighted by atomic mass is 79.9. The summed E-state index contributed by atoms with van der Waals surface area (Å²) in [7, 11) is 1.75. The van der Waals surface area contributed by atoms with Crippen molar-refractivity contribution in [3.05, 3.63) is 22.6 Å². The van der Waals surface area contributed by atoms with Gasteiger partial charge in [0.25, 0.3) is 0 Å². The molecule has 2 heterocycles. The number of hydrogen-bond acceptors (Lipinski definition) is 3. The van der Waals surface area contributed by atoms with Crippen molar-refractivity contribution in [2.75, 3.05) is 7.05 Å². The van der Waals surface area contributed by atoms with Gasteiger partial charge < -0.3 is 15.1 Å². The van der Waals surface area contributed by atoms with Gasteiger partial charge in [0.1, 0.15) is 11.8 Å². The maximum absolute atomic E-state index is 11.4. The molecule has 1 saturated heterocycles. The van der Waals surface area contributed by atoms with Crippen LogP contribution in [0.2, 0.25) is 0 Å². The fraction of sp³-hybridized carbons (Fsp3) is 0.444. The molecule has 1 amide bonds. The van der Waals surface area contributed by atoms with Crippen molar-refractivity contribution in [1.29, 1.82) is 0 Å². The number of carbonyl (C=O) groups is 1. The van der Waals surface area contributed by atoms with Crippen LogP contribution in [0.1, 0.15) is 18.2 Å². The Labute approximate surface area is 90.2 Å². The van der Waals surface area contributed by atoms with Crippen LogP contribution in [0, 0.1) is 0 Å². The Morgan fingerprint density at radius 2 is 2.36 bits per heavy atom. The van der Waals surface area contributed by atoms with E-state index in [1.807, 2.05) is 6.07 Å².